The zero-order valence-corrected chi connectivity index (χ0v) is 11.8. The van der Waals surface area contributed by atoms with Crippen LogP contribution in [0.2, 0.25) is 0 Å². The van der Waals surface area contributed by atoms with Crippen LogP contribution in [0.1, 0.15) is 32.8 Å². The molecule has 0 spiro atoms. The molecule has 1 aromatic heterocycles. The summed E-state index contributed by atoms with van der Waals surface area (Å²) in [4.78, 5) is 6.68. The molecule has 3 nitrogen and oxygen atoms in total. The third-order valence-corrected chi connectivity index (χ3v) is 4.22. The second-order valence-electron chi connectivity index (χ2n) is 5.72. The van der Waals surface area contributed by atoms with Gasteiger partial charge in [0.25, 0.3) is 0 Å². The van der Waals surface area contributed by atoms with E-state index in [-0.39, 0.29) is 5.54 Å². The van der Waals surface area contributed by atoms with Crippen molar-refractivity contribution in [1.29, 1.82) is 0 Å². The highest BCUT2D eigenvalue weighted by Crippen LogP contribution is 2.18. The molecule has 2 heterocycles. The summed E-state index contributed by atoms with van der Waals surface area (Å²) in [5.41, 5.74) is 1.67. The summed E-state index contributed by atoms with van der Waals surface area (Å²) < 4.78 is 0. The molecule has 0 saturated carbocycles. The quantitative estimate of drug-likeness (QED) is 0.883. The second-order valence-corrected chi connectivity index (χ2v) is 5.72. The van der Waals surface area contributed by atoms with Crippen LogP contribution in [0.4, 0.5) is 0 Å². The Kier molecular flexibility index (Phi) is 4.36. The molecule has 0 aromatic carbocycles. The second kappa shape index (κ2) is 5.81. The summed E-state index contributed by atoms with van der Waals surface area (Å²) in [5.74, 6) is 0. The van der Waals surface area contributed by atoms with Crippen LogP contribution in [0.15, 0.2) is 24.5 Å². The lowest BCUT2D eigenvalue weighted by atomic mass is 9.93. The third kappa shape index (κ3) is 3.30. The normalized spacial score (nSPS) is 29.4. The number of hydrogen-bond donors (Lipinski definition) is 1. The molecule has 1 saturated heterocycles. The van der Waals surface area contributed by atoms with E-state index in [4.69, 9.17) is 0 Å². The van der Waals surface area contributed by atoms with E-state index in [1.54, 1.807) is 0 Å². The first-order valence-electron chi connectivity index (χ1n) is 7.01. The van der Waals surface area contributed by atoms with Crippen LogP contribution < -0.4 is 5.32 Å². The number of piperazine rings is 1. The van der Waals surface area contributed by atoms with Crippen molar-refractivity contribution in [2.75, 3.05) is 19.6 Å². The van der Waals surface area contributed by atoms with Crippen LogP contribution in [0.25, 0.3) is 0 Å². The Morgan fingerprint density at radius 1 is 1.44 bits per heavy atom. The predicted octanol–water partition coefficient (Wildman–Crippen LogP) is 2.09. The van der Waals surface area contributed by atoms with Gasteiger partial charge in [0, 0.05) is 43.6 Å². The SMILES string of the molecule is CCC1(C)CN(CCc2ccncc2)C(C)CN1. The molecule has 0 aliphatic carbocycles. The van der Waals surface area contributed by atoms with Gasteiger partial charge in [-0.15, -0.1) is 0 Å². The smallest absolute Gasteiger partial charge is 0.0278 e. The van der Waals surface area contributed by atoms with E-state index < -0.39 is 0 Å². The van der Waals surface area contributed by atoms with E-state index in [1.165, 1.54) is 12.0 Å². The van der Waals surface area contributed by atoms with Gasteiger partial charge in [-0.3, -0.25) is 9.88 Å². The van der Waals surface area contributed by atoms with Crippen molar-refractivity contribution in [2.24, 2.45) is 0 Å². The number of aromatic nitrogens is 1. The highest BCUT2D eigenvalue weighted by atomic mass is 15.2. The zero-order valence-electron chi connectivity index (χ0n) is 11.8. The molecule has 1 fully saturated rings. The van der Waals surface area contributed by atoms with Crippen molar-refractivity contribution in [3.63, 3.8) is 0 Å². The van der Waals surface area contributed by atoms with Crippen LogP contribution in [0, 0.1) is 0 Å². The van der Waals surface area contributed by atoms with Gasteiger partial charge in [0.05, 0.1) is 0 Å². The fraction of sp³-hybridized carbons (Fsp3) is 0.667. The summed E-state index contributed by atoms with van der Waals surface area (Å²) in [7, 11) is 0. The highest BCUT2D eigenvalue weighted by molar-refractivity contribution is 5.10. The minimum Gasteiger partial charge on any atom is -0.309 e. The minimum absolute atomic E-state index is 0.282. The number of rotatable bonds is 4. The molecule has 0 radical (unpaired) electrons. The maximum Gasteiger partial charge on any atom is 0.0278 e. The number of hydrogen-bond acceptors (Lipinski definition) is 3. The molecule has 0 bridgehead atoms. The van der Waals surface area contributed by atoms with Gasteiger partial charge in [0.15, 0.2) is 0 Å². The maximum atomic E-state index is 4.07. The van der Waals surface area contributed by atoms with Crippen LogP contribution in [-0.4, -0.2) is 41.1 Å². The Bertz CT molecular complexity index is 365. The Labute approximate surface area is 111 Å². The van der Waals surface area contributed by atoms with Gasteiger partial charge in [-0.05, 0) is 44.4 Å². The fourth-order valence-electron chi connectivity index (χ4n) is 2.54. The Balaban J connectivity index is 1.91. The van der Waals surface area contributed by atoms with E-state index >= 15 is 0 Å². The van der Waals surface area contributed by atoms with Crippen LogP contribution >= 0.6 is 0 Å². The summed E-state index contributed by atoms with van der Waals surface area (Å²) >= 11 is 0. The Hall–Kier alpha value is -0.930. The monoisotopic (exact) mass is 247 g/mol. The molecular formula is C15H25N3. The number of nitrogens with one attached hydrogen (secondary N) is 1. The van der Waals surface area contributed by atoms with Crippen molar-refractivity contribution >= 4 is 0 Å². The lowest BCUT2D eigenvalue weighted by molar-refractivity contribution is 0.0944. The van der Waals surface area contributed by atoms with Gasteiger partial charge in [-0.2, -0.15) is 0 Å². The molecule has 1 aliphatic heterocycles. The van der Waals surface area contributed by atoms with Gasteiger partial charge in [0.2, 0.25) is 0 Å². The first-order valence-corrected chi connectivity index (χ1v) is 7.01. The minimum atomic E-state index is 0.282. The molecule has 1 aromatic rings. The van der Waals surface area contributed by atoms with Crippen molar-refractivity contribution in [1.82, 2.24) is 15.2 Å². The maximum absolute atomic E-state index is 4.07. The standard InChI is InChI=1S/C15H25N3/c1-4-15(3)12-18(13(2)11-17-15)10-7-14-5-8-16-9-6-14/h5-6,8-9,13,17H,4,7,10-12H2,1-3H3. The lowest BCUT2D eigenvalue weighted by Crippen LogP contribution is -2.62. The Morgan fingerprint density at radius 3 is 2.83 bits per heavy atom. The zero-order chi connectivity index (χ0) is 13.0. The van der Waals surface area contributed by atoms with Gasteiger partial charge >= 0.3 is 0 Å². The molecule has 2 unspecified atom stereocenters. The van der Waals surface area contributed by atoms with Crippen molar-refractivity contribution < 1.29 is 0 Å². The van der Waals surface area contributed by atoms with E-state index in [0.29, 0.717) is 6.04 Å². The average molecular weight is 247 g/mol. The van der Waals surface area contributed by atoms with Gasteiger partial charge in [-0.1, -0.05) is 6.92 Å². The molecule has 18 heavy (non-hydrogen) atoms. The van der Waals surface area contributed by atoms with Crippen LogP contribution in [-0.2, 0) is 6.42 Å². The predicted molar refractivity (Wildman–Crippen MR) is 75.7 cm³/mol. The lowest BCUT2D eigenvalue weighted by Gasteiger charge is -2.45. The van der Waals surface area contributed by atoms with Crippen LogP contribution in [0.3, 0.4) is 0 Å². The van der Waals surface area contributed by atoms with E-state index in [1.807, 2.05) is 12.4 Å². The average Bonchev–Trinajstić information content (AvgIpc) is 2.41. The molecule has 1 aliphatic rings. The fourth-order valence-corrected chi connectivity index (χ4v) is 2.54. The molecule has 100 valence electrons. The topological polar surface area (TPSA) is 28.2 Å². The largest absolute Gasteiger partial charge is 0.309 e. The number of pyridine rings is 1. The van der Waals surface area contributed by atoms with Gasteiger partial charge in [-0.25, -0.2) is 0 Å². The molecule has 3 heteroatoms. The Morgan fingerprint density at radius 2 is 2.17 bits per heavy atom. The number of nitrogens with zero attached hydrogens (tertiary/aromatic N) is 2. The summed E-state index contributed by atoms with van der Waals surface area (Å²) in [6.07, 6.45) is 6.07. The summed E-state index contributed by atoms with van der Waals surface area (Å²) in [6.45, 7) is 10.3. The van der Waals surface area contributed by atoms with E-state index in [2.05, 4.69) is 48.1 Å². The van der Waals surface area contributed by atoms with Crippen molar-refractivity contribution in [2.45, 2.75) is 45.2 Å². The molecule has 2 rings (SSSR count). The van der Waals surface area contributed by atoms with Crippen molar-refractivity contribution in [3.05, 3.63) is 30.1 Å². The first kappa shape index (κ1) is 13.5. The summed E-state index contributed by atoms with van der Waals surface area (Å²) in [5, 5.41) is 3.67. The molecule has 2 atom stereocenters. The molecule has 1 N–H and O–H groups in total. The van der Waals surface area contributed by atoms with E-state index in [0.717, 1.165) is 26.1 Å². The molecule has 0 amide bonds. The third-order valence-electron chi connectivity index (χ3n) is 4.22. The first-order chi connectivity index (χ1) is 8.63. The van der Waals surface area contributed by atoms with Crippen molar-refractivity contribution in [3.8, 4) is 0 Å². The highest BCUT2D eigenvalue weighted by Gasteiger charge is 2.31. The van der Waals surface area contributed by atoms with E-state index in [9.17, 15) is 0 Å². The van der Waals surface area contributed by atoms with Gasteiger partial charge in [0.1, 0.15) is 0 Å². The summed E-state index contributed by atoms with van der Waals surface area (Å²) in [6, 6.07) is 4.86. The van der Waals surface area contributed by atoms with Gasteiger partial charge < -0.3 is 5.32 Å². The van der Waals surface area contributed by atoms with Crippen LogP contribution in [0.5, 0.6) is 0 Å². The molecular weight excluding hydrogens is 222 g/mol.